The number of aromatic nitrogens is 2. The van der Waals surface area contributed by atoms with E-state index in [0.717, 1.165) is 16.7 Å². The molecule has 0 radical (unpaired) electrons. The minimum atomic E-state index is -0.240. The molecule has 2 rings (SSSR count). The summed E-state index contributed by atoms with van der Waals surface area (Å²) in [6.07, 6.45) is 2.26. The van der Waals surface area contributed by atoms with Crippen molar-refractivity contribution in [3.63, 3.8) is 0 Å². The average Bonchev–Trinajstić information content (AvgIpc) is 2.75. The van der Waals surface area contributed by atoms with Crippen LogP contribution >= 0.6 is 0 Å². The number of hydrogen-bond acceptors (Lipinski definition) is 4. The lowest BCUT2D eigenvalue weighted by molar-refractivity contribution is 0.551. The maximum Gasteiger partial charge on any atom is 0.123 e. The highest BCUT2D eigenvalue weighted by Gasteiger charge is 2.16. The first-order valence-corrected chi connectivity index (χ1v) is 5.61. The van der Waals surface area contributed by atoms with Gasteiger partial charge in [-0.3, -0.25) is 16.4 Å². The predicted molar refractivity (Wildman–Crippen MR) is 67.9 cm³/mol. The van der Waals surface area contributed by atoms with E-state index in [2.05, 4.69) is 15.6 Å². The Balaban J connectivity index is 2.23. The smallest absolute Gasteiger partial charge is 0.123 e. The predicted octanol–water partition coefficient (Wildman–Crippen LogP) is 1.19. The lowest BCUT2D eigenvalue weighted by Gasteiger charge is -2.16. The van der Waals surface area contributed by atoms with Gasteiger partial charge in [0.05, 0.1) is 12.2 Å². The Morgan fingerprint density at radius 1 is 1.50 bits per heavy atom. The van der Waals surface area contributed by atoms with Crippen LogP contribution in [0.3, 0.4) is 0 Å². The van der Waals surface area contributed by atoms with Crippen LogP contribution in [0.4, 0.5) is 10.2 Å². The summed E-state index contributed by atoms with van der Waals surface area (Å²) in [6, 6.07) is 4.54. The molecule has 0 aliphatic rings. The Morgan fingerprint density at radius 3 is 2.83 bits per heavy atom. The van der Waals surface area contributed by atoms with Gasteiger partial charge in [-0.25, -0.2) is 4.39 Å². The zero-order valence-electron chi connectivity index (χ0n) is 10.1. The molecule has 0 spiro atoms. The topological polar surface area (TPSA) is 92.7 Å². The molecule has 0 amide bonds. The van der Waals surface area contributed by atoms with Gasteiger partial charge < -0.3 is 5.73 Å². The molecular weight excluding hydrogens is 233 g/mol. The van der Waals surface area contributed by atoms with Crippen LogP contribution in [0.25, 0.3) is 0 Å². The molecular formula is C12H16FN5. The number of nitrogens with two attached hydrogens (primary N) is 2. The van der Waals surface area contributed by atoms with Crippen LogP contribution in [0.15, 0.2) is 24.4 Å². The standard InChI is InChI=1S/C12H16FN5/c1-7-4-9(13)3-2-8(7)5-11(17-15)10-6-16-18-12(10)14/h2-4,6,11,17H,5,15H2,1H3,(H3,14,16,18). The van der Waals surface area contributed by atoms with Crippen molar-refractivity contribution < 1.29 is 4.39 Å². The first-order chi connectivity index (χ1) is 8.61. The number of aryl methyl sites for hydroxylation is 1. The molecule has 0 aliphatic carbocycles. The first-order valence-electron chi connectivity index (χ1n) is 5.61. The van der Waals surface area contributed by atoms with Gasteiger partial charge in [0.25, 0.3) is 0 Å². The summed E-state index contributed by atoms with van der Waals surface area (Å²) in [5.74, 6) is 5.78. The van der Waals surface area contributed by atoms with Crippen molar-refractivity contribution in [3.8, 4) is 0 Å². The minimum Gasteiger partial charge on any atom is -0.384 e. The molecule has 0 saturated heterocycles. The summed E-state index contributed by atoms with van der Waals surface area (Å²) in [4.78, 5) is 0. The first kappa shape index (κ1) is 12.5. The van der Waals surface area contributed by atoms with Gasteiger partial charge in [-0.2, -0.15) is 5.10 Å². The van der Waals surface area contributed by atoms with E-state index in [-0.39, 0.29) is 11.9 Å². The van der Waals surface area contributed by atoms with Crippen LogP contribution in [-0.4, -0.2) is 10.2 Å². The van der Waals surface area contributed by atoms with Crippen molar-refractivity contribution in [2.45, 2.75) is 19.4 Å². The highest BCUT2D eigenvalue weighted by molar-refractivity contribution is 5.40. The fourth-order valence-electron chi connectivity index (χ4n) is 1.95. The fraction of sp³-hybridized carbons (Fsp3) is 0.250. The third-order valence-corrected chi connectivity index (χ3v) is 3.00. The van der Waals surface area contributed by atoms with Crippen molar-refractivity contribution >= 4 is 5.82 Å². The molecule has 1 aromatic carbocycles. The molecule has 0 saturated carbocycles. The monoisotopic (exact) mass is 249 g/mol. The lowest BCUT2D eigenvalue weighted by Crippen LogP contribution is -2.30. The molecule has 5 nitrogen and oxygen atoms in total. The molecule has 18 heavy (non-hydrogen) atoms. The average molecular weight is 249 g/mol. The van der Waals surface area contributed by atoms with Gasteiger partial charge in [0, 0.05) is 5.56 Å². The molecule has 6 heteroatoms. The highest BCUT2D eigenvalue weighted by atomic mass is 19.1. The maximum absolute atomic E-state index is 13.0. The van der Waals surface area contributed by atoms with Crippen LogP contribution in [0, 0.1) is 12.7 Å². The second-order valence-corrected chi connectivity index (χ2v) is 4.23. The van der Waals surface area contributed by atoms with Crippen molar-refractivity contribution in [2.24, 2.45) is 5.84 Å². The fourth-order valence-corrected chi connectivity index (χ4v) is 1.95. The third-order valence-electron chi connectivity index (χ3n) is 3.00. The normalized spacial score (nSPS) is 12.6. The number of nitrogen functional groups attached to an aromatic ring is 1. The van der Waals surface area contributed by atoms with E-state index in [4.69, 9.17) is 11.6 Å². The van der Waals surface area contributed by atoms with E-state index in [1.54, 1.807) is 12.3 Å². The molecule has 1 unspecified atom stereocenters. The van der Waals surface area contributed by atoms with Crippen LogP contribution in [-0.2, 0) is 6.42 Å². The van der Waals surface area contributed by atoms with E-state index < -0.39 is 0 Å². The molecule has 96 valence electrons. The zero-order valence-corrected chi connectivity index (χ0v) is 10.1. The zero-order chi connectivity index (χ0) is 13.1. The molecule has 1 heterocycles. The summed E-state index contributed by atoms with van der Waals surface area (Å²) < 4.78 is 13.0. The van der Waals surface area contributed by atoms with Gasteiger partial charge in [-0.1, -0.05) is 6.07 Å². The summed E-state index contributed by atoms with van der Waals surface area (Å²) in [7, 11) is 0. The summed E-state index contributed by atoms with van der Waals surface area (Å²) in [6.45, 7) is 1.87. The number of halogens is 1. The Hall–Kier alpha value is -1.92. The third kappa shape index (κ3) is 2.49. The minimum absolute atomic E-state index is 0.159. The number of anilines is 1. The maximum atomic E-state index is 13.0. The van der Waals surface area contributed by atoms with Crippen LogP contribution < -0.4 is 17.0 Å². The van der Waals surface area contributed by atoms with E-state index in [1.807, 2.05) is 6.92 Å². The van der Waals surface area contributed by atoms with E-state index in [1.165, 1.54) is 12.1 Å². The molecule has 0 fully saturated rings. The largest absolute Gasteiger partial charge is 0.384 e. The molecule has 2 aromatic rings. The summed E-state index contributed by atoms with van der Waals surface area (Å²) in [5.41, 5.74) is 11.2. The van der Waals surface area contributed by atoms with Gasteiger partial charge in [0.1, 0.15) is 11.6 Å². The summed E-state index contributed by atoms with van der Waals surface area (Å²) in [5, 5.41) is 6.53. The number of nitrogens with zero attached hydrogens (tertiary/aromatic N) is 1. The van der Waals surface area contributed by atoms with Gasteiger partial charge in [-0.15, -0.1) is 0 Å². The van der Waals surface area contributed by atoms with Gasteiger partial charge in [0.2, 0.25) is 0 Å². The molecule has 1 aromatic heterocycles. The second kappa shape index (κ2) is 5.16. The number of nitrogens with one attached hydrogen (secondary N) is 2. The number of hydrazine groups is 1. The number of benzene rings is 1. The Labute approximate surface area is 104 Å². The van der Waals surface area contributed by atoms with Crippen molar-refractivity contribution in [3.05, 3.63) is 46.9 Å². The molecule has 0 aliphatic heterocycles. The summed E-state index contributed by atoms with van der Waals surface area (Å²) >= 11 is 0. The Morgan fingerprint density at radius 2 is 2.28 bits per heavy atom. The number of H-pyrrole nitrogens is 1. The van der Waals surface area contributed by atoms with Crippen molar-refractivity contribution in [2.75, 3.05) is 5.73 Å². The molecule has 1 atom stereocenters. The van der Waals surface area contributed by atoms with Crippen LogP contribution in [0.5, 0.6) is 0 Å². The molecule has 6 N–H and O–H groups in total. The van der Waals surface area contributed by atoms with Crippen molar-refractivity contribution in [1.29, 1.82) is 0 Å². The van der Waals surface area contributed by atoms with Crippen molar-refractivity contribution in [1.82, 2.24) is 15.6 Å². The Bertz CT molecular complexity index is 537. The van der Waals surface area contributed by atoms with Gasteiger partial charge in [0.15, 0.2) is 0 Å². The van der Waals surface area contributed by atoms with E-state index in [9.17, 15) is 4.39 Å². The van der Waals surface area contributed by atoms with Gasteiger partial charge in [-0.05, 0) is 36.6 Å². The number of rotatable bonds is 4. The van der Waals surface area contributed by atoms with Crippen LogP contribution in [0.1, 0.15) is 22.7 Å². The molecule has 0 bridgehead atoms. The Kier molecular flexibility index (Phi) is 3.59. The van der Waals surface area contributed by atoms with E-state index >= 15 is 0 Å². The van der Waals surface area contributed by atoms with E-state index in [0.29, 0.717) is 12.2 Å². The second-order valence-electron chi connectivity index (χ2n) is 4.23. The number of hydrogen-bond donors (Lipinski definition) is 4. The van der Waals surface area contributed by atoms with Gasteiger partial charge >= 0.3 is 0 Å². The lowest BCUT2D eigenvalue weighted by atomic mass is 9.98. The quantitative estimate of drug-likeness (QED) is 0.483. The highest BCUT2D eigenvalue weighted by Crippen LogP contribution is 2.23. The SMILES string of the molecule is Cc1cc(F)ccc1CC(NN)c1cn[nH]c1N. The number of aromatic amines is 1. The van der Waals surface area contributed by atoms with Crippen LogP contribution in [0.2, 0.25) is 0 Å².